The van der Waals surface area contributed by atoms with Crippen molar-refractivity contribution in [3.8, 4) is 0 Å². The smallest absolute Gasteiger partial charge is 0.151 e. The quantitative estimate of drug-likeness (QED) is 0.830. The fraction of sp³-hybridized carbons (Fsp3) is 0.625. The van der Waals surface area contributed by atoms with Gasteiger partial charge >= 0.3 is 0 Å². The first-order chi connectivity index (χ1) is 10.5. The van der Waals surface area contributed by atoms with Crippen LogP contribution in [-0.2, 0) is 21.1 Å². The van der Waals surface area contributed by atoms with Crippen LogP contribution in [0.25, 0.3) is 0 Å². The van der Waals surface area contributed by atoms with Crippen LogP contribution in [0.15, 0.2) is 24.3 Å². The van der Waals surface area contributed by atoms with Crippen LogP contribution in [0.5, 0.6) is 0 Å². The summed E-state index contributed by atoms with van der Waals surface area (Å²) >= 11 is 0. The minimum absolute atomic E-state index is 0.103. The summed E-state index contributed by atoms with van der Waals surface area (Å²) in [5, 5.41) is 0. The van der Waals surface area contributed by atoms with Gasteiger partial charge in [-0.2, -0.15) is 0 Å². The molecule has 2 atom stereocenters. The predicted octanol–water partition coefficient (Wildman–Crippen LogP) is 1.44. The summed E-state index contributed by atoms with van der Waals surface area (Å²) in [7, 11) is -2.88. The van der Waals surface area contributed by atoms with Crippen molar-refractivity contribution in [3.05, 3.63) is 29.8 Å². The van der Waals surface area contributed by atoms with Crippen LogP contribution in [0.1, 0.15) is 24.8 Å². The molecule has 0 spiro atoms. The van der Waals surface area contributed by atoms with Gasteiger partial charge in [-0.3, -0.25) is 4.90 Å². The molecule has 2 fully saturated rings. The second-order valence-electron chi connectivity index (χ2n) is 6.36. The lowest BCUT2D eigenvalue weighted by Crippen LogP contribution is -2.40. The Kier molecular flexibility index (Phi) is 4.70. The molecule has 2 saturated heterocycles. The molecule has 5 nitrogen and oxygen atoms in total. The topological polar surface area (TPSA) is 72.6 Å². The van der Waals surface area contributed by atoms with Crippen molar-refractivity contribution in [3.63, 3.8) is 0 Å². The summed E-state index contributed by atoms with van der Waals surface area (Å²) in [5.74, 6) is 0.579. The zero-order valence-corrected chi connectivity index (χ0v) is 13.6. The summed E-state index contributed by atoms with van der Waals surface area (Å²) in [4.78, 5) is 2.28. The second kappa shape index (κ2) is 6.56. The Morgan fingerprint density at radius 1 is 1.23 bits per heavy atom. The molecule has 2 aliphatic heterocycles. The molecular weight excluding hydrogens is 300 g/mol. The lowest BCUT2D eigenvalue weighted by atomic mass is 10.1. The molecule has 0 radical (unpaired) electrons. The molecule has 122 valence electrons. The summed E-state index contributed by atoms with van der Waals surface area (Å²) in [6.07, 6.45) is 3.13. The van der Waals surface area contributed by atoms with Gasteiger partial charge < -0.3 is 10.5 Å². The van der Waals surface area contributed by atoms with Gasteiger partial charge in [0, 0.05) is 31.4 Å². The van der Waals surface area contributed by atoms with E-state index in [1.807, 2.05) is 24.3 Å². The standard InChI is InChI=1S/C16H24N2O3S/c17-14-5-3-13(4-6-14)10-18(11-16-2-1-8-21-16)15-7-9-22(19,20)12-15/h3-6,15-16H,1-2,7-12,17H2/t15-,16+/m1/s1. The molecule has 2 aliphatic rings. The molecule has 0 amide bonds. The number of nitrogens with two attached hydrogens (primary N) is 1. The number of benzene rings is 1. The number of hydrogen-bond acceptors (Lipinski definition) is 5. The highest BCUT2D eigenvalue weighted by Gasteiger charge is 2.33. The molecule has 22 heavy (non-hydrogen) atoms. The van der Waals surface area contributed by atoms with Gasteiger partial charge in [0.25, 0.3) is 0 Å². The van der Waals surface area contributed by atoms with Crippen molar-refractivity contribution in [1.82, 2.24) is 4.90 Å². The van der Waals surface area contributed by atoms with Gasteiger partial charge in [-0.1, -0.05) is 12.1 Å². The Hall–Kier alpha value is -1.11. The van der Waals surface area contributed by atoms with E-state index >= 15 is 0 Å². The third kappa shape index (κ3) is 4.00. The number of rotatable bonds is 5. The van der Waals surface area contributed by atoms with Gasteiger partial charge in [-0.15, -0.1) is 0 Å². The van der Waals surface area contributed by atoms with Crippen LogP contribution in [0.4, 0.5) is 5.69 Å². The molecule has 2 heterocycles. The van der Waals surface area contributed by atoms with E-state index in [9.17, 15) is 8.42 Å². The van der Waals surface area contributed by atoms with Crippen LogP contribution >= 0.6 is 0 Å². The third-order valence-electron chi connectivity index (χ3n) is 4.55. The van der Waals surface area contributed by atoms with Gasteiger partial charge in [0.1, 0.15) is 0 Å². The SMILES string of the molecule is Nc1ccc(CN(C[C@@H]2CCCO2)[C@@H]2CCS(=O)(=O)C2)cc1. The fourth-order valence-corrected chi connectivity index (χ4v) is 5.08. The lowest BCUT2D eigenvalue weighted by Gasteiger charge is -2.30. The van der Waals surface area contributed by atoms with Gasteiger partial charge in [-0.25, -0.2) is 8.42 Å². The first-order valence-corrected chi connectivity index (χ1v) is 9.74. The maximum Gasteiger partial charge on any atom is 0.151 e. The Labute approximate surface area is 132 Å². The van der Waals surface area contributed by atoms with E-state index in [-0.39, 0.29) is 17.9 Å². The van der Waals surface area contributed by atoms with E-state index in [4.69, 9.17) is 10.5 Å². The predicted molar refractivity (Wildman–Crippen MR) is 87.3 cm³/mol. The second-order valence-corrected chi connectivity index (χ2v) is 8.59. The number of anilines is 1. The zero-order valence-electron chi connectivity index (χ0n) is 12.8. The Balaban J connectivity index is 1.71. The van der Waals surface area contributed by atoms with Gasteiger partial charge in [0.15, 0.2) is 9.84 Å². The van der Waals surface area contributed by atoms with Crippen molar-refractivity contribution in [2.75, 3.05) is 30.4 Å². The molecule has 0 bridgehead atoms. The summed E-state index contributed by atoms with van der Waals surface area (Å²) < 4.78 is 29.4. The molecule has 2 N–H and O–H groups in total. The maximum atomic E-state index is 11.8. The first kappa shape index (κ1) is 15.8. The average Bonchev–Trinajstić information content (AvgIpc) is 3.10. The van der Waals surface area contributed by atoms with E-state index in [0.717, 1.165) is 50.2 Å². The van der Waals surface area contributed by atoms with Gasteiger partial charge in [0.05, 0.1) is 17.6 Å². The zero-order chi connectivity index (χ0) is 15.6. The van der Waals surface area contributed by atoms with Crippen molar-refractivity contribution in [2.45, 2.75) is 38.0 Å². The van der Waals surface area contributed by atoms with Crippen molar-refractivity contribution in [1.29, 1.82) is 0 Å². The monoisotopic (exact) mass is 324 g/mol. The van der Waals surface area contributed by atoms with Crippen LogP contribution in [0.3, 0.4) is 0 Å². The van der Waals surface area contributed by atoms with Crippen LogP contribution < -0.4 is 5.73 Å². The highest BCUT2D eigenvalue weighted by Crippen LogP contribution is 2.23. The van der Waals surface area contributed by atoms with Gasteiger partial charge in [-0.05, 0) is 37.0 Å². The fourth-order valence-electron chi connectivity index (χ4n) is 3.31. The van der Waals surface area contributed by atoms with Gasteiger partial charge in [0.2, 0.25) is 0 Å². The van der Waals surface area contributed by atoms with Crippen LogP contribution in [0, 0.1) is 0 Å². The number of sulfone groups is 1. The summed E-state index contributed by atoms with van der Waals surface area (Å²) in [5.41, 5.74) is 7.65. The largest absolute Gasteiger partial charge is 0.399 e. The number of hydrogen-bond donors (Lipinski definition) is 1. The highest BCUT2D eigenvalue weighted by atomic mass is 32.2. The number of nitrogen functional groups attached to an aromatic ring is 1. The van der Waals surface area contributed by atoms with E-state index in [1.54, 1.807) is 0 Å². The first-order valence-electron chi connectivity index (χ1n) is 7.92. The van der Waals surface area contributed by atoms with Crippen molar-refractivity contribution < 1.29 is 13.2 Å². The average molecular weight is 324 g/mol. The minimum Gasteiger partial charge on any atom is -0.399 e. The van der Waals surface area contributed by atoms with Crippen LogP contribution in [0.2, 0.25) is 0 Å². The molecule has 6 heteroatoms. The molecule has 0 saturated carbocycles. The molecule has 0 aliphatic carbocycles. The van der Waals surface area contributed by atoms with E-state index in [2.05, 4.69) is 4.90 Å². The highest BCUT2D eigenvalue weighted by molar-refractivity contribution is 7.91. The molecular formula is C16H24N2O3S. The molecule has 1 aromatic carbocycles. The molecule has 3 rings (SSSR count). The minimum atomic E-state index is -2.88. The van der Waals surface area contributed by atoms with E-state index < -0.39 is 9.84 Å². The summed E-state index contributed by atoms with van der Waals surface area (Å²) in [6.45, 7) is 2.38. The number of ether oxygens (including phenoxy) is 1. The Morgan fingerprint density at radius 2 is 2.00 bits per heavy atom. The Bertz CT molecular complexity index is 594. The Morgan fingerprint density at radius 3 is 2.59 bits per heavy atom. The van der Waals surface area contributed by atoms with Crippen molar-refractivity contribution in [2.24, 2.45) is 0 Å². The normalized spacial score (nSPS) is 27.5. The van der Waals surface area contributed by atoms with E-state index in [1.165, 1.54) is 0 Å². The van der Waals surface area contributed by atoms with Crippen LogP contribution in [-0.4, -0.2) is 50.1 Å². The van der Waals surface area contributed by atoms with Crippen molar-refractivity contribution >= 4 is 15.5 Å². The lowest BCUT2D eigenvalue weighted by molar-refractivity contribution is 0.0574. The third-order valence-corrected chi connectivity index (χ3v) is 6.30. The maximum absolute atomic E-state index is 11.8. The summed E-state index contributed by atoms with van der Waals surface area (Å²) in [6, 6.07) is 7.92. The van der Waals surface area contributed by atoms with E-state index in [0.29, 0.717) is 5.75 Å². The number of nitrogens with zero attached hydrogens (tertiary/aromatic N) is 1. The molecule has 0 unspecified atom stereocenters. The molecule has 0 aromatic heterocycles. The molecule has 1 aromatic rings.